The first-order valence-electron chi connectivity index (χ1n) is 4.63. The highest BCUT2D eigenvalue weighted by molar-refractivity contribution is 5.81. The smallest absolute Gasteiger partial charge is 0.237 e. The lowest BCUT2D eigenvalue weighted by Crippen LogP contribution is -2.45. The van der Waals surface area contributed by atoms with Gasteiger partial charge in [0.25, 0.3) is 0 Å². The van der Waals surface area contributed by atoms with Gasteiger partial charge in [0.2, 0.25) is 5.91 Å². The molecule has 0 heterocycles. The molecule has 0 unspecified atom stereocenters. The molecule has 0 radical (unpaired) electrons. The molecule has 0 spiro atoms. The number of amides is 1. The highest BCUT2D eigenvalue weighted by Crippen LogP contribution is 1.97. The summed E-state index contributed by atoms with van der Waals surface area (Å²) in [4.78, 5) is 13.3. The molecule has 1 atom stereocenters. The lowest BCUT2D eigenvalue weighted by molar-refractivity contribution is -0.123. The van der Waals surface area contributed by atoms with Crippen LogP contribution in [0.3, 0.4) is 0 Å². The summed E-state index contributed by atoms with van der Waals surface area (Å²) in [7, 11) is 3.93. The molecule has 0 aliphatic carbocycles. The van der Waals surface area contributed by atoms with E-state index in [4.69, 9.17) is 5.73 Å². The van der Waals surface area contributed by atoms with Crippen molar-refractivity contribution in [1.29, 1.82) is 0 Å². The van der Waals surface area contributed by atoms with Crippen molar-refractivity contribution in [1.82, 2.24) is 10.2 Å². The van der Waals surface area contributed by atoms with Crippen molar-refractivity contribution in [3.63, 3.8) is 0 Å². The van der Waals surface area contributed by atoms with Crippen LogP contribution in [0.2, 0.25) is 0 Å². The van der Waals surface area contributed by atoms with E-state index in [0.717, 1.165) is 6.54 Å². The van der Waals surface area contributed by atoms with Gasteiger partial charge in [0.1, 0.15) is 0 Å². The summed E-state index contributed by atoms with van der Waals surface area (Å²) in [6.07, 6.45) is 0. The third kappa shape index (κ3) is 5.60. The highest BCUT2D eigenvalue weighted by Gasteiger charge is 2.15. The molecule has 1 amide bonds. The van der Waals surface area contributed by atoms with Crippen LogP contribution in [-0.2, 0) is 4.79 Å². The van der Waals surface area contributed by atoms with Gasteiger partial charge in [0, 0.05) is 13.1 Å². The average Bonchev–Trinajstić information content (AvgIpc) is 2.02. The predicted octanol–water partition coefficient (Wildman–Crippen LogP) is -0.352. The standard InChI is InChI=1S/C9H21N3O/c1-7(2)8(10)9(13)11-5-6-12(3)4/h7-8H,5-6,10H2,1-4H3,(H,11,13)/t8-/m1/s1. The molecule has 13 heavy (non-hydrogen) atoms. The zero-order valence-electron chi connectivity index (χ0n) is 9.00. The van der Waals surface area contributed by atoms with E-state index in [9.17, 15) is 4.79 Å². The molecule has 0 saturated carbocycles. The minimum atomic E-state index is -0.387. The third-order valence-electron chi connectivity index (χ3n) is 1.88. The van der Waals surface area contributed by atoms with E-state index in [-0.39, 0.29) is 17.9 Å². The average molecular weight is 187 g/mol. The summed E-state index contributed by atoms with van der Waals surface area (Å²) >= 11 is 0. The molecule has 3 N–H and O–H groups in total. The second kappa shape index (κ2) is 5.94. The van der Waals surface area contributed by atoms with Gasteiger partial charge in [0.05, 0.1) is 6.04 Å². The van der Waals surface area contributed by atoms with Gasteiger partial charge in [-0.1, -0.05) is 13.8 Å². The molecular weight excluding hydrogens is 166 g/mol. The predicted molar refractivity (Wildman–Crippen MR) is 54.4 cm³/mol. The Bertz CT molecular complexity index is 157. The van der Waals surface area contributed by atoms with E-state index in [1.165, 1.54) is 0 Å². The van der Waals surface area contributed by atoms with Crippen molar-refractivity contribution in [2.45, 2.75) is 19.9 Å². The number of nitrogens with two attached hydrogens (primary N) is 1. The zero-order valence-corrected chi connectivity index (χ0v) is 9.00. The van der Waals surface area contributed by atoms with Crippen molar-refractivity contribution < 1.29 is 4.79 Å². The maximum atomic E-state index is 11.3. The van der Waals surface area contributed by atoms with Gasteiger partial charge in [-0.2, -0.15) is 0 Å². The van der Waals surface area contributed by atoms with Crippen molar-refractivity contribution in [2.75, 3.05) is 27.2 Å². The topological polar surface area (TPSA) is 58.4 Å². The molecular formula is C9H21N3O. The van der Waals surface area contributed by atoms with Crippen LogP contribution >= 0.6 is 0 Å². The first-order valence-corrected chi connectivity index (χ1v) is 4.63. The largest absolute Gasteiger partial charge is 0.353 e. The van der Waals surface area contributed by atoms with Gasteiger partial charge in [-0.3, -0.25) is 4.79 Å². The minimum absolute atomic E-state index is 0.0585. The Morgan fingerprint density at radius 3 is 2.38 bits per heavy atom. The molecule has 0 aliphatic heterocycles. The number of carbonyl (C=O) groups is 1. The second-order valence-electron chi connectivity index (χ2n) is 3.86. The minimum Gasteiger partial charge on any atom is -0.353 e. The normalized spacial score (nSPS) is 13.5. The molecule has 0 rings (SSSR count). The number of hydrogen-bond donors (Lipinski definition) is 2. The van der Waals surface area contributed by atoms with Crippen LogP contribution in [0.15, 0.2) is 0 Å². The van der Waals surface area contributed by atoms with Crippen LogP contribution in [0.25, 0.3) is 0 Å². The number of likely N-dealkylation sites (N-methyl/N-ethyl adjacent to an activating group) is 1. The molecule has 4 heteroatoms. The molecule has 0 fully saturated rings. The first kappa shape index (κ1) is 12.4. The number of hydrogen-bond acceptors (Lipinski definition) is 3. The quantitative estimate of drug-likeness (QED) is 0.618. The van der Waals surface area contributed by atoms with E-state index in [2.05, 4.69) is 5.32 Å². The van der Waals surface area contributed by atoms with Gasteiger partial charge < -0.3 is 16.0 Å². The van der Waals surface area contributed by atoms with Crippen LogP contribution in [0, 0.1) is 5.92 Å². The fraction of sp³-hybridized carbons (Fsp3) is 0.889. The maximum absolute atomic E-state index is 11.3. The van der Waals surface area contributed by atoms with Crippen LogP contribution in [0.1, 0.15) is 13.8 Å². The van der Waals surface area contributed by atoms with Gasteiger partial charge in [-0.05, 0) is 20.0 Å². The number of carbonyl (C=O) groups excluding carboxylic acids is 1. The summed E-state index contributed by atoms with van der Waals surface area (Å²) in [5.74, 6) is 0.135. The number of rotatable bonds is 5. The second-order valence-corrected chi connectivity index (χ2v) is 3.86. The summed E-state index contributed by atoms with van der Waals surface area (Å²) in [5, 5.41) is 2.79. The Balaban J connectivity index is 3.62. The molecule has 4 nitrogen and oxygen atoms in total. The van der Waals surface area contributed by atoms with Crippen LogP contribution < -0.4 is 11.1 Å². The highest BCUT2D eigenvalue weighted by atomic mass is 16.2. The summed E-state index contributed by atoms with van der Waals surface area (Å²) in [6.45, 7) is 5.38. The Labute approximate surface area is 80.5 Å². The van der Waals surface area contributed by atoms with Crippen molar-refractivity contribution in [2.24, 2.45) is 11.7 Å². The molecule has 0 aromatic carbocycles. The Morgan fingerprint density at radius 2 is 2.00 bits per heavy atom. The van der Waals surface area contributed by atoms with E-state index in [0.29, 0.717) is 6.54 Å². The van der Waals surface area contributed by atoms with Crippen LogP contribution in [-0.4, -0.2) is 44.0 Å². The van der Waals surface area contributed by atoms with Gasteiger partial charge in [-0.15, -0.1) is 0 Å². The van der Waals surface area contributed by atoms with E-state index >= 15 is 0 Å². The molecule has 0 bridgehead atoms. The number of nitrogens with one attached hydrogen (secondary N) is 1. The van der Waals surface area contributed by atoms with Crippen molar-refractivity contribution >= 4 is 5.91 Å². The molecule has 0 aromatic rings. The lowest BCUT2D eigenvalue weighted by atomic mass is 10.1. The van der Waals surface area contributed by atoms with Crippen LogP contribution in [0.5, 0.6) is 0 Å². The van der Waals surface area contributed by atoms with Gasteiger partial charge in [0.15, 0.2) is 0 Å². The van der Waals surface area contributed by atoms with Crippen LogP contribution in [0.4, 0.5) is 0 Å². The van der Waals surface area contributed by atoms with E-state index in [1.54, 1.807) is 0 Å². The van der Waals surface area contributed by atoms with Crippen molar-refractivity contribution in [3.8, 4) is 0 Å². The number of nitrogens with zero attached hydrogens (tertiary/aromatic N) is 1. The Kier molecular flexibility index (Phi) is 5.66. The summed E-state index contributed by atoms with van der Waals surface area (Å²) in [5.41, 5.74) is 5.65. The van der Waals surface area contributed by atoms with E-state index < -0.39 is 0 Å². The third-order valence-corrected chi connectivity index (χ3v) is 1.88. The fourth-order valence-corrected chi connectivity index (χ4v) is 0.823. The van der Waals surface area contributed by atoms with Gasteiger partial charge in [-0.25, -0.2) is 0 Å². The molecule has 0 aliphatic rings. The Hall–Kier alpha value is -0.610. The molecule has 0 aromatic heterocycles. The fourth-order valence-electron chi connectivity index (χ4n) is 0.823. The maximum Gasteiger partial charge on any atom is 0.237 e. The Morgan fingerprint density at radius 1 is 1.46 bits per heavy atom. The lowest BCUT2D eigenvalue weighted by Gasteiger charge is -2.16. The monoisotopic (exact) mass is 187 g/mol. The summed E-state index contributed by atoms with van der Waals surface area (Å²) in [6, 6.07) is -0.387. The first-order chi connectivity index (χ1) is 5.95. The SMILES string of the molecule is CC(C)[C@@H](N)C(=O)NCCN(C)C. The summed E-state index contributed by atoms with van der Waals surface area (Å²) < 4.78 is 0. The van der Waals surface area contributed by atoms with E-state index in [1.807, 2.05) is 32.8 Å². The van der Waals surface area contributed by atoms with Crippen molar-refractivity contribution in [3.05, 3.63) is 0 Å². The molecule has 0 saturated heterocycles. The molecule has 78 valence electrons. The van der Waals surface area contributed by atoms with Gasteiger partial charge >= 0.3 is 0 Å². The zero-order chi connectivity index (χ0) is 10.4.